The molecule has 1 fully saturated rings. The van der Waals surface area contributed by atoms with Crippen molar-refractivity contribution in [2.24, 2.45) is 5.92 Å². The minimum Gasteiger partial charge on any atom is -0.192 e. The van der Waals surface area contributed by atoms with Crippen LogP contribution in [0.15, 0.2) is 29.2 Å². The van der Waals surface area contributed by atoms with Crippen molar-refractivity contribution in [2.45, 2.75) is 17.7 Å². The fraction of sp³-hybridized carbons (Fsp3) is 0.364. The van der Waals surface area contributed by atoms with Crippen LogP contribution in [-0.4, -0.2) is 5.75 Å². The van der Waals surface area contributed by atoms with Crippen LogP contribution in [0.1, 0.15) is 18.4 Å². The lowest BCUT2D eigenvalue weighted by Gasteiger charge is -2.01. The first-order valence-electron chi connectivity index (χ1n) is 4.52. The highest BCUT2D eigenvalue weighted by atomic mass is 32.2. The largest absolute Gasteiger partial charge is 0.192 e. The van der Waals surface area contributed by atoms with Gasteiger partial charge in [0.1, 0.15) is 6.07 Å². The Morgan fingerprint density at radius 3 is 2.85 bits per heavy atom. The summed E-state index contributed by atoms with van der Waals surface area (Å²) in [5, 5.41) is 8.84. The second-order valence-electron chi connectivity index (χ2n) is 3.36. The highest BCUT2D eigenvalue weighted by molar-refractivity contribution is 7.99. The molecule has 0 radical (unpaired) electrons. The minimum absolute atomic E-state index is 0.813. The molecule has 2 rings (SSSR count). The van der Waals surface area contributed by atoms with E-state index < -0.39 is 0 Å². The Labute approximate surface area is 82.8 Å². The maximum atomic E-state index is 8.84. The van der Waals surface area contributed by atoms with Crippen molar-refractivity contribution in [1.82, 2.24) is 0 Å². The van der Waals surface area contributed by atoms with Crippen molar-refractivity contribution < 1.29 is 0 Å². The molecular weight excluding hydrogens is 178 g/mol. The molecule has 0 heterocycles. The van der Waals surface area contributed by atoms with Crippen molar-refractivity contribution in [3.8, 4) is 6.07 Å². The molecule has 1 aromatic carbocycles. The van der Waals surface area contributed by atoms with E-state index in [9.17, 15) is 0 Å². The van der Waals surface area contributed by atoms with Gasteiger partial charge in [0.2, 0.25) is 0 Å². The molecule has 1 saturated carbocycles. The maximum absolute atomic E-state index is 8.84. The first kappa shape index (κ1) is 8.65. The molecule has 1 aliphatic rings. The second-order valence-corrected chi connectivity index (χ2v) is 4.42. The van der Waals surface area contributed by atoms with E-state index in [4.69, 9.17) is 5.26 Å². The van der Waals surface area contributed by atoms with Gasteiger partial charge in [-0.1, -0.05) is 12.1 Å². The molecule has 13 heavy (non-hydrogen) atoms. The molecule has 2 heteroatoms. The summed E-state index contributed by atoms with van der Waals surface area (Å²) in [5.41, 5.74) is 0.813. The number of thioether (sulfide) groups is 1. The molecule has 0 bridgehead atoms. The third-order valence-corrected chi connectivity index (χ3v) is 3.48. The maximum Gasteiger partial charge on any atom is 0.100 e. The van der Waals surface area contributed by atoms with Gasteiger partial charge in [0, 0.05) is 10.6 Å². The van der Waals surface area contributed by atoms with Crippen LogP contribution >= 0.6 is 11.8 Å². The predicted molar refractivity (Wildman–Crippen MR) is 54.6 cm³/mol. The average Bonchev–Trinajstić information content (AvgIpc) is 2.99. The number of benzene rings is 1. The zero-order valence-corrected chi connectivity index (χ0v) is 8.18. The van der Waals surface area contributed by atoms with Crippen molar-refractivity contribution in [1.29, 1.82) is 5.26 Å². The summed E-state index contributed by atoms with van der Waals surface area (Å²) in [4.78, 5) is 1.14. The van der Waals surface area contributed by atoms with Crippen LogP contribution in [0.5, 0.6) is 0 Å². The summed E-state index contributed by atoms with van der Waals surface area (Å²) in [6, 6.07) is 10.0. The molecule has 0 aromatic heterocycles. The second kappa shape index (κ2) is 3.85. The van der Waals surface area contributed by atoms with E-state index in [1.807, 2.05) is 36.0 Å². The van der Waals surface area contributed by atoms with Crippen molar-refractivity contribution in [2.75, 3.05) is 5.75 Å². The Kier molecular flexibility index (Phi) is 2.56. The zero-order chi connectivity index (χ0) is 9.10. The molecule has 0 atom stereocenters. The van der Waals surface area contributed by atoms with E-state index in [-0.39, 0.29) is 0 Å². The number of nitriles is 1. The van der Waals surface area contributed by atoms with Gasteiger partial charge >= 0.3 is 0 Å². The van der Waals surface area contributed by atoms with Crippen LogP contribution in [0.3, 0.4) is 0 Å². The van der Waals surface area contributed by atoms with Crippen LogP contribution in [0.25, 0.3) is 0 Å². The Morgan fingerprint density at radius 2 is 2.15 bits per heavy atom. The third-order valence-electron chi connectivity index (χ3n) is 2.18. The Morgan fingerprint density at radius 1 is 1.38 bits per heavy atom. The minimum atomic E-state index is 0.813. The smallest absolute Gasteiger partial charge is 0.100 e. The van der Waals surface area contributed by atoms with Gasteiger partial charge in [-0.15, -0.1) is 11.8 Å². The SMILES string of the molecule is N#Cc1ccccc1SCC1CC1. The van der Waals surface area contributed by atoms with Crippen LogP contribution in [-0.2, 0) is 0 Å². The van der Waals surface area contributed by atoms with Gasteiger partial charge in [-0.2, -0.15) is 5.26 Å². The summed E-state index contributed by atoms with van der Waals surface area (Å²) >= 11 is 1.82. The summed E-state index contributed by atoms with van der Waals surface area (Å²) < 4.78 is 0. The molecule has 0 amide bonds. The van der Waals surface area contributed by atoms with Crippen molar-refractivity contribution >= 4 is 11.8 Å². The predicted octanol–water partition coefficient (Wildman–Crippen LogP) is 3.06. The molecule has 0 aliphatic heterocycles. The molecule has 0 N–H and O–H groups in total. The lowest BCUT2D eigenvalue weighted by Crippen LogP contribution is -1.84. The summed E-state index contributed by atoms with van der Waals surface area (Å²) in [7, 11) is 0. The zero-order valence-electron chi connectivity index (χ0n) is 7.36. The first-order valence-corrected chi connectivity index (χ1v) is 5.50. The van der Waals surface area contributed by atoms with Crippen LogP contribution in [0.4, 0.5) is 0 Å². The number of nitrogens with zero attached hydrogens (tertiary/aromatic N) is 1. The fourth-order valence-electron chi connectivity index (χ4n) is 1.18. The normalized spacial score (nSPS) is 15.3. The van der Waals surface area contributed by atoms with Crippen LogP contribution in [0, 0.1) is 17.2 Å². The fourth-order valence-corrected chi connectivity index (χ4v) is 2.37. The van der Waals surface area contributed by atoms with Crippen LogP contribution < -0.4 is 0 Å². The lowest BCUT2D eigenvalue weighted by molar-refractivity contribution is 1.000. The van der Waals surface area contributed by atoms with Gasteiger partial charge in [0.25, 0.3) is 0 Å². The molecule has 0 saturated heterocycles. The Hall–Kier alpha value is -0.940. The van der Waals surface area contributed by atoms with Gasteiger partial charge in [-0.05, 0) is 30.9 Å². The molecular formula is C11H11NS. The van der Waals surface area contributed by atoms with Gasteiger partial charge < -0.3 is 0 Å². The molecule has 0 spiro atoms. The van der Waals surface area contributed by atoms with Crippen molar-refractivity contribution in [3.05, 3.63) is 29.8 Å². The standard InChI is InChI=1S/C11H11NS/c12-7-10-3-1-2-4-11(10)13-8-9-5-6-9/h1-4,9H,5-6,8H2. The van der Waals surface area contributed by atoms with Gasteiger partial charge in [-0.25, -0.2) is 0 Å². The molecule has 66 valence electrons. The third kappa shape index (κ3) is 2.26. The topological polar surface area (TPSA) is 23.8 Å². The molecule has 1 aromatic rings. The Balaban J connectivity index is 2.05. The highest BCUT2D eigenvalue weighted by Gasteiger charge is 2.21. The molecule has 1 aliphatic carbocycles. The summed E-state index contributed by atoms with van der Waals surface area (Å²) in [5.74, 6) is 2.09. The number of hydrogen-bond acceptors (Lipinski definition) is 2. The number of hydrogen-bond donors (Lipinski definition) is 0. The van der Waals surface area contributed by atoms with Gasteiger partial charge in [-0.3, -0.25) is 0 Å². The van der Waals surface area contributed by atoms with E-state index in [0.717, 1.165) is 16.4 Å². The molecule has 0 unspecified atom stereocenters. The van der Waals surface area contributed by atoms with E-state index in [2.05, 4.69) is 6.07 Å². The Bertz CT molecular complexity index is 336. The average molecular weight is 189 g/mol. The number of rotatable bonds is 3. The van der Waals surface area contributed by atoms with Gasteiger partial charge in [0.15, 0.2) is 0 Å². The van der Waals surface area contributed by atoms with E-state index >= 15 is 0 Å². The van der Waals surface area contributed by atoms with Crippen LogP contribution in [0.2, 0.25) is 0 Å². The monoisotopic (exact) mass is 189 g/mol. The van der Waals surface area contributed by atoms with E-state index in [1.165, 1.54) is 18.6 Å². The quantitative estimate of drug-likeness (QED) is 0.682. The lowest BCUT2D eigenvalue weighted by atomic mass is 10.2. The van der Waals surface area contributed by atoms with E-state index in [0.29, 0.717) is 0 Å². The van der Waals surface area contributed by atoms with E-state index in [1.54, 1.807) is 0 Å². The molecule has 1 nitrogen and oxygen atoms in total. The summed E-state index contributed by atoms with van der Waals surface area (Å²) in [6.45, 7) is 0. The summed E-state index contributed by atoms with van der Waals surface area (Å²) in [6.07, 6.45) is 2.75. The van der Waals surface area contributed by atoms with Gasteiger partial charge in [0.05, 0.1) is 5.56 Å². The first-order chi connectivity index (χ1) is 6.40. The van der Waals surface area contributed by atoms with Crippen molar-refractivity contribution in [3.63, 3.8) is 0 Å². The highest BCUT2D eigenvalue weighted by Crippen LogP contribution is 2.35.